The largest absolute Gasteiger partial charge is 0.354 e. The van der Waals surface area contributed by atoms with Gasteiger partial charge in [0.15, 0.2) is 0 Å². The SMILES string of the molecule is NCc1noc2c1CCC2(F)F. The van der Waals surface area contributed by atoms with Crippen molar-refractivity contribution < 1.29 is 13.3 Å². The number of aromatic nitrogens is 1. The molecule has 0 saturated heterocycles. The molecule has 0 spiro atoms. The second-order valence-electron chi connectivity index (χ2n) is 2.85. The van der Waals surface area contributed by atoms with E-state index >= 15 is 0 Å². The van der Waals surface area contributed by atoms with E-state index in [1.807, 2.05) is 0 Å². The van der Waals surface area contributed by atoms with Crippen LogP contribution in [0, 0.1) is 0 Å². The van der Waals surface area contributed by atoms with Crippen molar-refractivity contribution in [2.24, 2.45) is 5.73 Å². The Morgan fingerprint density at radius 2 is 2.33 bits per heavy atom. The van der Waals surface area contributed by atoms with Crippen LogP contribution < -0.4 is 5.73 Å². The van der Waals surface area contributed by atoms with E-state index in [0.717, 1.165) is 0 Å². The molecule has 1 aliphatic rings. The summed E-state index contributed by atoms with van der Waals surface area (Å²) in [6.07, 6.45) is 0.134. The minimum atomic E-state index is -2.84. The maximum atomic E-state index is 12.9. The van der Waals surface area contributed by atoms with Gasteiger partial charge in [0, 0.05) is 18.5 Å². The first-order valence-electron chi connectivity index (χ1n) is 3.71. The van der Waals surface area contributed by atoms with Crippen molar-refractivity contribution in [3.63, 3.8) is 0 Å². The zero-order valence-electron chi connectivity index (χ0n) is 6.31. The summed E-state index contributed by atoms with van der Waals surface area (Å²) in [6.45, 7) is 0.162. The van der Waals surface area contributed by atoms with Crippen LogP contribution in [0.2, 0.25) is 0 Å². The second-order valence-corrected chi connectivity index (χ2v) is 2.85. The highest BCUT2D eigenvalue weighted by molar-refractivity contribution is 5.30. The Bertz CT molecular complexity index is 308. The Morgan fingerprint density at radius 3 is 3.00 bits per heavy atom. The summed E-state index contributed by atoms with van der Waals surface area (Å²) in [4.78, 5) is 0. The summed E-state index contributed by atoms with van der Waals surface area (Å²) in [5.74, 6) is -3.13. The quantitative estimate of drug-likeness (QED) is 0.695. The van der Waals surface area contributed by atoms with Crippen molar-refractivity contribution in [3.05, 3.63) is 17.0 Å². The zero-order valence-corrected chi connectivity index (χ0v) is 6.31. The second kappa shape index (κ2) is 2.26. The van der Waals surface area contributed by atoms with Crippen molar-refractivity contribution in [3.8, 4) is 0 Å². The molecule has 0 bridgehead atoms. The predicted octanol–water partition coefficient (Wildman–Crippen LogP) is 1.17. The van der Waals surface area contributed by atoms with Gasteiger partial charge >= 0.3 is 5.92 Å². The van der Waals surface area contributed by atoms with E-state index in [1.54, 1.807) is 0 Å². The third-order valence-corrected chi connectivity index (χ3v) is 2.08. The van der Waals surface area contributed by atoms with Gasteiger partial charge < -0.3 is 10.3 Å². The van der Waals surface area contributed by atoms with Crippen molar-refractivity contribution in [1.29, 1.82) is 0 Å². The van der Waals surface area contributed by atoms with E-state index in [0.29, 0.717) is 17.7 Å². The molecule has 66 valence electrons. The summed E-state index contributed by atoms with van der Waals surface area (Å²) >= 11 is 0. The maximum Gasteiger partial charge on any atom is 0.308 e. The molecule has 1 aromatic heterocycles. The molecule has 0 radical (unpaired) electrons. The first kappa shape index (κ1) is 7.67. The summed E-state index contributed by atoms with van der Waals surface area (Å²) in [5, 5.41) is 3.47. The molecular weight excluding hydrogens is 166 g/mol. The molecule has 0 aliphatic heterocycles. The fraction of sp³-hybridized carbons (Fsp3) is 0.571. The number of alkyl halides is 2. The third-order valence-electron chi connectivity index (χ3n) is 2.08. The zero-order chi connectivity index (χ0) is 8.77. The lowest BCUT2D eigenvalue weighted by Gasteiger charge is -2.03. The topological polar surface area (TPSA) is 52.0 Å². The number of fused-ring (bicyclic) bond motifs is 1. The van der Waals surface area contributed by atoms with Crippen molar-refractivity contribution in [2.45, 2.75) is 25.3 Å². The number of hydrogen-bond donors (Lipinski definition) is 1. The Hall–Kier alpha value is -0.970. The van der Waals surface area contributed by atoms with Crippen LogP contribution in [0.4, 0.5) is 8.78 Å². The molecular formula is C7H8F2N2O. The fourth-order valence-corrected chi connectivity index (χ4v) is 1.44. The summed E-state index contributed by atoms with van der Waals surface area (Å²) in [6, 6.07) is 0. The van der Waals surface area contributed by atoms with Crippen LogP contribution in [0.25, 0.3) is 0 Å². The van der Waals surface area contributed by atoms with Gasteiger partial charge in [-0.3, -0.25) is 0 Å². The van der Waals surface area contributed by atoms with Gasteiger partial charge in [-0.15, -0.1) is 0 Å². The van der Waals surface area contributed by atoms with Crippen LogP contribution in [0.3, 0.4) is 0 Å². The lowest BCUT2D eigenvalue weighted by Crippen LogP contribution is -2.06. The molecule has 0 amide bonds. The van der Waals surface area contributed by atoms with Crippen molar-refractivity contribution in [2.75, 3.05) is 0 Å². The molecule has 5 heteroatoms. The summed E-state index contributed by atoms with van der Waals surface area (Å²) in [5.41, 5.74) is 6.25. The first-order valence-corrected chi connectivity index (χ1v) is 3.71. The standard InChI is InChI=1S/C7H8F2N2O/c8-7(9)2-1-4-5(3-10)11-12-6(4)7/h1-3,10H2. The molecule has 2 N–H and O–H groups in total. The molecule has 3 nitrogen and oxygen atoms in total. The molecule has 12 heavy (non-hydrogen) atoms. The van der Waals surface area contributed by atoms with Crippen LogP contribution >= 0.6 is 0 Å². The molecule has 1 aliphatic carbocycles. The van der Waals surface area contributed by atoms with E-state index < -0.39 is 5.92 Å². The predicted molar refractivity (Wildman–Crippen MR) is 36.6 cm³/mol. The van der Waals surface area contributed by atoms with Crippen LogP contribution in [-0.4, -0.2) is 5.16 Å². The first-order chi connectivity index (χ1) is 5.65. The van der Waals surface area contributed by atoms with E-state index in [-0.39, 0.29) is 18.7 Å². The van der Waals surface area contributed by atoms with Crippen LogP contribution in [0.1, 0.15) is 23.4 Å². The number of rotatable bonds is 1. The maximum absolute atomic E-state index is 12.9. The molecule has 0 aromatic carbocycles. The van der Waals surface area contributed by atoms with E-state index in [9.17, 15) is 8.78 Å². The van der Waals surface area contributed by atoms with Gasteiger partial charge in [-0.05, 0) is 6.42 Å². The smallest absolute Gasteiger partial charge is 0.308 e. The van der Waals surface area contributed by atoms with Gasteiger partial charge in [-0.2, -0.15) is 8.78 Å². The number of halogens is 2. The Kier molecular flexibility index (Phi) is 1.44. The molecule has 1 aromatic rings. The van der Waals surface area contributed by atoms with E-state index in [2.05, 4.69) is 9.68 Å². The molecule has 0 unspecified atom stereocenters. The number of nitrogens with two attached hydrogens (primary N) is 1. The van der Waals surface area contributed by atoms with Gasteiger partial charge in [0.1, 0.15) is 5.69 Å². The minimum Gasteiger partial charge on any atom is -0.354 e. The normalized spacial score (nSPS) is 19.6. The monoisotopic (exact) mass is 174 g/mol. The fourth-order valence-electron chi connectivity index (χ4n) is 1.44. The van der Waals surface area contributed by atoms with Gasteiger partial charge in [-0.25, -0.2) is 0 Å². The lowest BCUT2D eigenvalue weighted by atomic mass is 10.2. The lowest BCUT2D eigenvalue weighted by molar-refractivity contribution is -0.0271. The summed E-state index contributed by atoms with van der Waals surface area (Å²) in [7, 11) is 0. The molecule has 0 fully saturated rings. The Balaban J connectivity index is 2.49. The van der Waals surface area contributed by atoms with Crippen LogP contribution in [0.5, 0.6) is 0 Å². The van der Waals surface area contributed by atoms with Crippen LogP contribution in [0.15, 0.2) is 4.52 Å². The molecule has 0 saturated carbocycles. The third kappa shape index (κ3) is 0.859. The molecule has 2 rings (SSSR count). The average Bonchev–Trinajstić information content (AvgIpc) is 2.53. The average molecular weight is 174 g/mol. The molecule has 1 heterocycles. The van der Waals surface area contributed by atoms with Crippen molar-refractivity contribution >= 4 is 0 Å². The number of nitrogens with zero attached hydrogens (tertiary/aromatic N) is 1. The van der Waals surface area contributed by atoms with Crippen molar-refractivity contribution in [1.82, 2.24) is 5.16 Å². The van der Waals surface area contributed by atoms with Gasteiger partial charge in [0.05, 0.1) is 0 Å². The van der Waals surface area contributed by atoms with Crippen LogP contribution in [-0.2, 0) is 18.9 Å². The highest BCUT2D eigenvalue weighted by Gasteiger charge is 2.45. The highest BCUT2D eigenvalue weighted by Crippen LogP contribution is 2.42. The van der Waals surface area contributed by atoms with E-state index in [1.165, 1.54) is 0 Å². The highest BCUT2D eigenvalue weighted by atomic mass is 19.3. The Labute approximate surface area is 67.5 Å². The number of hydrogen-bond acceptors (Lipinski definition) is 3. The van der Waals surface area contributed by atoms with Gasteiger partial charge in [0.25, 0.3) is 0 Å². The summed E-state index contributed by atoms with van der Waals surface area (Å²) < 4.78 is 30.4. The minimum absolute atomic E-state index is 0.162. The van der Waals surface area contributed by atoms with E-state index in [4.69, 9.17) is 5.73 Å². The van der Waals surface area contributed by atoms with Gasteiger partial charge in [-0.1, -0.05) is 5.16 Å². The molecule has 0 atom stereocenters. The van der Waals surface area contributed by atoms with Gasteiger partial charge in [0.2, 0.25) is 5.76 Å². The Morgan fingerprint density at radius 1 is 1.58 bits per heavy atom.